The molecule has 0 bridgehead atoms. The number of rotatable bonds is 2. The van der Waals surface area contributed by atoms with Crippen LogP contribution in [0.15, 0.2) is 5.11 Å². The number of hydrogen-bond acceptors (Lipinski definition) is 4. The number of likely N-dealkylation sites (tertiary alicyclic amines) is 1. The topological polar surface area (TPSA) is 98.5 Å². The van der Waals surface area contributed by atoms with Crippen molar-refractivity contribution in [1.29, 1.82) is 0 Å². The van der Waals surface area contributed by atoms with Crippen molar-refractivity contribution in [2.45, 2.75) is 44.9 Å². The third-order valence-electron chi connectivity index (χ3n) is 2.38. The highest BCUT2D eigenvalue weighted by atomic mass is 16.6. The van der Waals surface area contributed by atoms with Gasteiger partial charge in [-0.3, -0.25) is 0 Å². The highest BCUT2D eigenvalue weighted by Gasteiger charge is 2.36. The molecule has 96 valence electrons. The number of aliphatic hydroxyl groups excluding tert-OH is 1. The fourth-order valence-corrected chi connectivity index (χ4v) is 1.74. The second-order valence-electron chi connectivity index (χ2n) is 5.09. The van der Waals surface area contributed by atoms with E-state index < -0.39 is 17.8 Å². The normalized spacial score (nSPS) is 24.4. The molecule has 1 rings (SSSR count). The smallest absolute Gasteiger partial charge is 0.410 e. The average Bonchev–Trinajstić information content (AvgIpc) is 2.54. The lowest BCUT2D eigenvalue weighted by molar-refractivity contribution is 0.0214. The molecule has 1 heterocycles. The zero-order valence-electron chi connectivity index (χ0n) is 10.3. The van der Waals surface area contributed by atoms with Crippen LogP contribution in [0, 0.1) is 0 Å². The Morgan fingerprint density at radius 2 is 2.29 bits per heavy atom. The molecule has 0 aromatic rings. The minimum Gasteiger partial charge on any atom is -0.444 e. The maximum absolute atomic E-state index is 11.8. The zero-order valence-corrected chi connectivity index (χ0v) is 10.3. The van der Waals surface area contributed by atoms with Gasteiger partial charge in [0.15, 0.2) is 0 Å². The quantitative estimate of drug-likeness (QED) is 0.453. The van der Waals surface area contributed by atoms with Crippen LogP contribution in [0.3, 0.4) is 0 Å². The summed E-state index contributed by atoms with van der Waals surface area (Å²) >= 11 is 0. The van der Waals surface area contributed by atoms with E-state index in [1.165, 1.54) is 4.90 Å². The van der Waals surface area contributed by atoms with Gasteiger partial charge < -0.3 is 14.7 Å². The van der Waals surface area contributed by atoms with Crippen LogP contribution in [-0.2, 0) is 4.74 Å². The second kappa shape index (κ2) is 5.25. The van der Waals surface area contributed by atoms with Crippen molar-refractivity contribution in [1.82, 2.24) is 4.90 Å². The minimum absolute atomic E-state index is 0.160. The van der Waals surface area contributed by atoms with Gasteiger partial charge in [-0.2, -0.15) is 0 Å². The maximum Gasteiger partial charge on any atom is 0.410 e. The molecule has 7 nitrogen and oxygen atoms in total. The summed E-state index contributed by atoms with van der Waals surface area (Å²) in [5, 5.41) is 13.0. The Morgan fingerprint density at radius 3 is 2.82 bits per heavy atom. The first-order valence-corrected chi connectivity index (χ1v) is 5.52. The molecular formula is C10H18N4O3. The minimum atomic E-state index is -0.582. The summed E-state index contributed by atoms with van der Waals surface area (Å²) in [5.41, 5.74) is 7.69. The number of aliphatic hydroxyl groups is 1. The molecule has 7 heteroatoms. The van der Waals surface area contributed by atoms with Gasteiger partial charge in [0.2, 0.25) is 0 Å². The molecular weight excluding hydrogens is 224 g/mol. The lowest BCUT2D eigenvalue weighted by atomic mass is 10.2. The van der Waals surface area contributed by atoms with Gasteiger partial charge >= 0.3 is 6.09 Å². The van der Waals surface area contributed by atoms with E-state index in [0.29, 0.717) is 6.42 Å². The molecule has 0 radical (unpaired) electrons. The monoisotopic (exact) mass is 242 g/mol. The predicted molar refractivity (Wildman–Crippen MR) is 61.4 cm³/mol. The molecule has 0 aliphatic carbocycles. The van der Waals surface area contributed by atoms with E-state index >= 15 is 0 Å². The summed E-state index contributed by atoms with van der Waals surface area (Å²) < 4.78 is 5.22. The summed E-state index contributed by atoms with van der Waals surface area (Å²) in [5.74, 6) is 0. The third kappa shape index (κ3) is 4.13. The van der Waals surface area contributed by atoms with Crippen molar-refractivity contribution in [3.8, 4) is 0 Å². The van der Waals surface area contributed by atoms with Crippen LogP contribution in [0.5, 0.6) is 0 Å². The number of β-amino-alcohol motifs (C(OH)–C–C–N with tert-alkyl or cyclic N) is 1. The van der Waals surface area contributed by atoms with Crippen LogP contribution >= 0.6 is 0 Å². The molecule has 0 spiro atoms. The molecule has 1 fully saturated rings. The molecule has 0 aromatic heterocycles. The van der Waals surface area contributed by atoms with E-state index in [2.05, 4.69) is 10.0 Å². The molecule has 1 N–H and O–H groups in total. The number of ether oxygens (including phenoxy) is 1. The predicted octanol–water partition coefficient (Wildman–Crippen LogP) is 1.67. The van der Waals surface area contributed by atoms with Gasteiger partial charge in [-0.25, -0.2) is 4.79 Å². The molecule has 0 aromatic carbocycles. The molecule has 2 atom stereocenters. The Morgan fingerprint density at radius 1 is 1.65 bits per heavy atom. The van der Waals surface area contributed by atoms with Crippen LogP contribution in [0.1, 0.15) is 27.2 Å². The molecule has 1 saturated heterocycles. The number of hydrogen-bond donors (Lipinski definition) is 1. The van der Waals surface area contributed by atoms with Crippen LogP contribution < -0.4 is 0 Å². The summed E-state index contributed by atoms with van der Waals surface area (Å²) in [7, 11) is 0. The summed E-state index contributed by atoms with van der Waals surface area (Å²) in [4.78, 5) is 15.9. The van der Waals surface area contributed by atoms with Gasteiger partial charge in [-0.1, -0.05) is 5.11 Å². The first-order chi connectivity index (χ1) is 7.83. The number of nitrogens with zero attached hydrogens (tertiary/aromatic N) is 4. The van der Waals surface area contributed by atoms with E-state index in [0.717, 1.165) is 0 Å². The summed E-state index contributed by atoms with van der Waals surface area (Å²) in [6.45, 7) is 5.72. The standard InChI is InChI=1S/C10H18N4O3/c1-10(2,3)17-9(16)14-6-8(15)4-7(14)5-12-13-11/h7-8,15H,4-6H2,1-3H3/t7-,8+/m1/s1. The van der Waals surface area contributed by atoms with Gasteiger partial charge in [-0.05, 0) is 32.7 Å². The summed E-state index contributed by atoms with van der Waals surface area (Å²) in [6, 6.07) is -0.282. The molecule has 0 saturated carbocycles. The number of amides is 1. The SMILES string of the molecule is CC(C)(C)OC(=O)N1C[C@@H](O)C[C@@H]1CN=[N+]=[N-]. The number of carbonyl (C=O) groups is 1. The first-order valence-electron chi connectivity index (χ1n) is 5.52. The Hall–Kier alpha value is -1.46. The highest BCUT2D eigenvalue weighted by Crippen LogP contribution is 2.21. The van der Waals surface area contributed by atoms with Gasteiger partial charge in [-0.15, -0.1) is 0 Å². The van der Waals surface area contributed by atoms with Crippen LogP contribution in [0.25, 0.3) is 10.4 Å². The zero-order chi connectivity index (χ0) is 13.1. The fraction of sp³-hybridized carbons (Fsp3) is 0.900. The third-order valence-corrected chi connectivity index (χ3v) is 2.38. The van der Waals surface area contributed by atoms with Crippen molar-refractivity contribution < 1.29 is 14.6 Å². The van der Waals surface area contributed by atoms with Crippen molar-refractivity contribution in [3.63, 3.8) is 0 Å². The van der Waals surface area contributed by atoms with Crippen LogP contribution in [-0.4, -0.2) is 46.9 Å². The first kappa shape index (κ1) is 13.6. The Balaban J connectivity index is 2.66. The average molecular weight is 242 g/mol. The highest BCUT2D eigenvalue weighted by molar-refractivity contribution is 5.69. The lowest BCUT2D eigenvalue weighted by Gasteiger charge is -2.27. The second-order valence-corrected chi connectivity index (χ2v) is 5.09. The number of carbonyl (C=O) groups excluding carboxylic acids is 1. The van der Waals surface area contributed by atoms with Crippen LogP contribution in [0.2, 0.25) is 0 Å². The lowest BCUT2D eigenvalue weighted by Crippen LogP contribution is -2.41. The maximum atomic E-state index is 11.8. The van der Waals surface area contributed by atoms with Gasteiger partial charge in [0.25, 0.3) is 0 Å². The summed E-state index contributed by atoms with van der Waals surface area (Å²) in [6.07, 6.45) is -0.647. The Bertz CT molecular complexity index is 333. The van der Waals surface area contributed by atoms with Crippen LogP contribution in [0.4, 0.5) is 4.79 Å². The van der Waals surface area contributed by atoms with Crippen molar-refractivity contribution in [3.05, 3.63) is 10.4 Å². The van der Waals surface area contributed by atoms with E-state index in [1.807, 2.05) is 0 Å². The Labute approximate surface area is 100.0 Å². The largest absolute Gasteiger partial charge is 0.444 e. The Kier molecular flexibility index (Phi) is 4.20. The van der Waals surface area contributed by atoms with Crippen molar-refractivity contribution >= 4 is 6.09 Å². The number of azide groups is 1. The van der Waals surface area contributed by atoms with Crippen molar-refractivity contribution in [2.24, 2.45) is 5.11 Å². The van der Waals surface area contributed by atoms with E-state index in [9.17, 15) is 9.90 Å². The fourth-order valence-electron chi connectivity index (χ4n) is 1.74. The molecule has 1 aliphatic rings. The molecule has 0 unspecified atom stereocenters. The van der Waals surface area contributed by atoms with E-state index in [1.54, 1.807) is 20.8 Å². The molecule has 17 heavy (non-hydrogen) atoms. The molecule has 1 aliphatic heterocycles. The van der Waals surface area contributed by atoms with Gasteiger partial charge in [0.05, 0.1) is 12.6 Å². The molecule has 1 amide bonds. The van der Waals surface area contributed by atoms with E-state index in [4.69, 9.17) is 10.3 Å². The van der Waals surface area contributed by atoms with Crippen molar-refractivity contribution in [2.75, 3.05) is 13.1 Å². The van der Waals surface area contributed by atoms with Gasteiger partial charge in [0, 0.05) is 17.5 Å². The van der Waals surface area contributed by atoms with E-state index in [-0.39, 0.29) is 19.1 Å². The van der Waals surface area contributed by atoms with Gasteiger partial charge in [0.1, 0.15) is 5.60 Å².